The lowest BCUT2D eigenvalue weighted by Crippen LogP contribution is -2.60. The fourth-order valence-corrected chi connectivity index (χ4v) is 7.01. The summed E-state index contributed by atoms with van der Waals surface area (Å²) in [7, 11) is 0. The molecule has 2 aliphatic carbocycles. The largest absolute Gasteiger partial charge is 0.372 e. The first kappa shape index (κ1) is 24.0. The summed E-state index contributed by atoms with van der Waals surface area (Å²) in [6.45, 7) is 3.41. The van der Waals surface area contributed by atoms with Crippen molar-refractivity contribution < 1.29 is 14.3 Å². The predicted molar refractivity (Wildman–Crippen MR) is 139 cm³/mol. The molecule has 0 radical (unpaired) electrons. The first-order valence-electron chi connectivity index (χ1n) is 11.7. The molecule has 0 spiro atoms. The highest BCUT2D eigenvalue weighted by Gasteiger charge is 2.56. The van der Waals surface area contributed by atoms with Crippen molar-refractivity contribution >= 4 is 56.3 Å². The molecule has 182 valence electrons. The number of amidine groups is 1. The van der Waals surface area contributed by atoms with Crippen LogP contribution in [0, 0.1) is 30.2 Å². The Hall–Kier alpha value is -2.74. The highest BCUT2D eigenvalue weighted by molar-refractivity contribution is 9.11. The van der Waals surface area contributed by atoms with Crippen LogP contribution in [-0.2, 0) is 9.53 Å². The van der Waals surface area contributed by atoms with E-state index in [0.29, 0.717) is 41.9 Å². The molecule has 3 aliphatic rings. The Morgan fingerprint density at radius 1 is 1.31 bits per heavy atom. The van der Waals surface area contributed by atoms with Gasteiger partial charge in [-0.3, -0.25) is 9.59 Å². The minimum absolute atomic E-state index is 0.137. The number of aliphatic imine (C=N–C) groups is 1. The lowest BCUT2D eigenvalue weighted by Gasteiger charge is -2.37. The number of amides is 2. The predicted octanol–water partition coefficient (Wildman–Crippen LogP) is 4.46. The molecule has 1 saturated heterocycles. The van der Waals surface area contributed by atoms with Crippen molar-refractivity contribution in [2.75, 3.05) is 30.0 Å². The number of fused-ring (bicyclic) bond motifs is 2. The first-order valence-corrected chi connectivity index (χ1v) is 13.3. The Morgan fingerprint density at radius 2 is 2.17 bits per heavy atom. The third kappa shape index (κ3) is 4.60. The average Bonchev–Trinajstić information content (AvgIpc) is 3.57. The third-order valence-electron chi connectivity index (χ3n) is 7.31. The number of aryl methyl sites for hydroxylation is 1. The molecule has 8 nitrogen and oxygen atoms in total. The number of ether oxygens (including phenoxy) is 1. The molecule has 5 rings (SSSR count). The number of anilines is 2. The molecule has 2 saturated carbocycles. The molecule has 35 heavy (non-hydrogen) atoms. The van der Waals surface area contributed by atoms with Crippen molar-refractivity contribution in [2.24, 2.45) is 16.8 Å². The summed E-state index contributed by atoms with van der Waals surface area (Å²) in [6, 6.07) is 9.34. The number of morpholine rings is 1. The van der Waals surface area contributed by atoms with Crippen molar-refractivity contribution in [3.8, 4) is 6.19 Å². The average molecular weight is 556 g/mol. The van der Waals surface area contributed by atoms with E-state index in [2.05, 4.69) is 31.6 Å². The Bertz CT molecular complexity index is 1240. The summed E-state index contributed by atoms with van der Waals surface area (Å²) in [5, 5.41) is 15.2. The summed E-state index contributed by atoms with van der Waals surface area (Å²) in [6.07, 6.45) is 5.54. The quantitative estimate of drug-likeness (QED) is 0.529. The van der Waals surface area contributed by atoms with Crippen LogP contribution >= 0.6 is 27.3 Å². The van der Waals surface area contributed by atoms with Crippen LogP contribution in [0.2, 0.25) is 0 Å². The van der Waals surface area contributed by atoms with E-state index in [4.69, 9.17) is 10.00 Å². The van der Waals surface area contributed by atoms with Crippen LogP contribution in [0.25, 0.3) is 0 Å². The first-order chi connectivity index (χ1) is 16.9. The van der Waals surface area contributed by atoms with Gasteiger partial charge in [-0.1, -0.05) is 0 Å². The van der Waals surface area contributed by atoms with E-state index >= 15 is 0 Å². The Morgan fingerprint density at radius 3 is 2.83 bits per heavy atom. The normalized spacial score (nSPS) is 26.5. The number of hydrogen-bond donors (Lipinski definition) is 2. The van der Waals surface area contributed by atoms with Crippen molar-refractivity contribution in [3.63, 3.8) is 0 Å². The van der Waals surface area contributed by atoms with Crippen LogP contribution < -0.4 is 15.5 Å². The van der Waals surface area contributed by atoms with Crippen molar-refractivity contribution in [2.45, 2.75) is 38.1 Å². The minimum Gasteiger partial charge on any atom is -0.372 e. The zero-order valence-electron chi connectivity index (χ0n) is 19.3. The molecule has 3 unspecified atom stereocenters. The van der Waals surface area contributed by atoms with Gasteiger partial charge in [-0.2, -0.15) is 10.3 Å². The minimum atomic E-state index is -0.903. The summed E-state index contributed by atoms with van der Waals surface area (Å²) >= 11 is 4.78. The highest BCUT2D eigenvalue weighted by atomic mass is 79.9. The maximum absolute atomic E-state index is 13.7. The molecule has 2 N–H and O–H groups in total. The van der Waals surface area contributed by atoms with Gasteiger partial charge in [0, 0.05) is 17.9 Å². The number of carbonyl (C=O) groups excluding carboxylic acids is 2. The van der Waals surface area contributed by atoms with Crippen LogP contribution in [0.15, 0.2) is 39.1 Å². The molecule has 2 aromatic rings. The zero-order valence-corrected chi connectivity index (χ0v) is 21.7. The van der Waals surface area contributed by atoms with Crippen LogP contribution in [0.5, 0.6) is 0 Å². The van der Waals surface area contributed by atoms with Gasteiger partial charge in [0.2, 0.25) is 12.1 Å². The second-order valence-corrected chi connectivity index (χ2v) is 11.9. The fraction of sp³-hybridized carbons (Fsp3) is 0.440. The van der Waals surface area contributed by atoms with Gasteiger partial charge in [0.05, 0.1) is 15.3 Å². The maximum Gasteiger partial charge on any atom is 0.262 e. The van der Waals surface area contributed by atoms with E-state index in [1.54, 1.807) is 6.07 Å². The van der Waals surface area contributed by atoms with Gasteiger partial charge in [0.15, 0.2) is 0 Å². The van der Waals surface area contributed by atoms with Gasteiger partial charge in [-0.15, -0.1) is 11.3 Å². The number of thiophene rings is 1. The number of nitrogens with one attached hydrogen (secondary N) is 2. The Kier molecular flexibility index (Phi) is 6.66. The lowest BCUT2D eigenvalue weighted by molar-refractivity contribution is -0.124. The molecule has 1 aromatic heterocycles. The topological polar surface area (TPSA) is 107 Å². The van der Waals surface area contributed by atoms with E-state index in [-0.39, 0.29) is 24.3 Å². The summed E-state index contributed by atoms with van der Waals surface area (Å²) in [4.78, 5) is 33.2. The molecule has 1 aromatic carbocycles. The molecule has 1 aliphatic heterocycles. The van der Waals surface area contributed by atoms with Crippen molar-refractivity contribution in [3.05, 3.63) is 44.6 Å². The second kappa shape index (κ2) is 9.72. The second-order valence-electron chi connectivity index (χ2n) is 9.40. The molecule has 2 amide bonds. The molecular formula is C25H26BrN5O3S. The van der Waals surface area contributed by atoms with Crippen LogP contribution in [0.1, 0.15) is 40.9 Å². The standard InChI is InChI=1S/C25H26BrN5O3S/c1-15-10-18(4-5-19(15)31-8-9-34-13-22(31)28-14-27)29-24(33)25(12-16-2-3-17(25)11-16)30-23(32)20-6-7-21(26)35-20/h4-7,10,16-17H,2-3,8-9,11-13H2,1H3,(H,29,33)(H,30,32). The highest BCUT2D eigenvalue weighted by Crippen LogP contribution is 2.51. The zero-order chi connectivity index (χ0) is 24.6. The van der Waals surface area contributed by atoms with Gasteiger partial charge in [0.1, 0.15) is 18.0 Å². The number of nitrogens with zero attached hydrogens (tertiary/aromatic N) is 3. The van der Waals surface area contributed by atoms with Crippen molar-refractivity contribution in [1.29, 1.82) is 5.26 Å². The molecule has 10 heteroatoms. The van der Waals surface area contributed by atoms with Gasteiger partial charge < -0.3 is 20.3 Å². The number of benzene rings is 1. The summed E-state index contributed by atoms with van der Waals surface area (Å²) in [5.41, 5.74) is 1.65. The Balaban J connectivity index is 1.37. The van der Waals surface area contributed by atoms with Gasteiger partial charge in [-0.05, 0) is 96.3 Å². The number of hydrogen-bond acceptors (Lipinski definition) is 6. The fourth-order valence-electron chi connectivity index (χ4n) is 5.73. The monoisotopic (exact) mass is 555 g/mol. The SMILES string of the molecule is Cc1cc(NC(=O)C2(NC(=O)c3ccc(Br)s3)CC3CCC2C3)ccc1N1CCOCC1=NC#N. The Labute approximate surface area is 216 Å². The van der Waals surface area contributed by atoms with E-state index in [1.165, 1.54) is 11.3 Å². The molecule has 3 fully saturated rings. The smallest absolute Gasteiger partial charge is 0.262 e. The third-order valence-corrected chi connectivity index (χ3v) is 8.94. The molecule has 2 bridgehead atoms. The van der Waals surface area contributed by atoms with Crippen LogP contribution in [0.3, 0.4) is 0 Å². The molecule has 2 heterocycles. The maximum atomic E-state index is 13.7. The van der Waals surface area contributed by atoms with Gasteiger partial charge in [0.25, 0.3) is 5.91 Å². The van der Waals surface area contributed by atoms with Crippen LogP contribution in [0.4, 0.5) is 11.4 Å². The van der Waals surface area contributed by atoms with Crippen molar-refractivity contribution in [1.82, 2.24) is 5.32 Å². The van der Waals surface area contributed by atoms with E-state index in [0.717, 1.165) is 34.3 Å². The van der Waals surface area contributed by atoms with Gasteiger partial charge in [-0.25, -0.2) is 0 Å². The van der Waals surface area contributed by atoms with E-state index in [9.17, 15) is 9.59 Å². The number of rotatable bonds is 5. The molecule has 3 atom stereocenters. The summed E-state index contributed by atoms with van der Waals surface area (Å²) < 4.78 is 6.33. The van der Waals surface area contributed by atoms with E-state index in [1.807, 2.05) is 42.3 Å². The summed E-state index contributed by atoms with van der Waals surface area (Å²) in [5.74, 6) is 0.815. The number of carbonyl (C=O) groups is 2. The lowest BCUT2D eigenvalue weighted by atomic mass is 9.79. The number of halogens is 1. The van der Waals surface area contributed by atoms with Gasteiger partial charge >= 0.3 is 0 Å². The molecular weight excluding hydrogens is 530 g/mol. The number of nitriles is 1. The van der Waals surface area contributed by atoms with E-state index < -0.39 is 5.54 Å². The van der Waals surface area contributed by atoms with Crippen LogP contribution in [-0.4, -0.2) is 42.9 Å².